The fraction of sp³-hybridized carbons (Fsp3) is 0.667. The van der Waals surface area contributed by atoms with E-state index < -0.39 is 17.5 Å². The van der Waals surface area contributed by atoms with Gasteiger partial charge in [0.2, 0.25) is 0 Å². The Morgan fingerprint density at radius 2 is 1.65 bits per heavy atom. The Morgan fingerprint density at radius 1 is 1.03 bits per heavy atom. The van der Waals surface area contributed by atoms with Crippen LogP contribution in [0.2, 0.25) is 0 Å². The molecule has 1 aliphatic heterocycles. The third kappa shape index (κ3) is 6.51. The summed E-state index contributed by atoms with van der Waals surface area (Å²) in [5, 5.41) is 11.3. The lowest BCUT2D eigenvalue weighted by molar-refractivity contribution is -0.305. The molecule has 7 nitrogen and oxygen atoms in total. The van der Waals surface area contributed by atoms with Crippen LogP contribution in [-0.2, 0) is 30.4 Å². The lowest BCUT2D eigenvalue weighted by Gasteiger charge is -2.38. The zero-order valence-electron chi connectivity index (χ0n) is 18.8. The SMILES string of the molecule is CC(C)(C)OC(=O)C1CCC(OC(O)(C(=O)OCc2ccccc2)N2CCCC2)CC1. The van der Waals surface area contributed by atoms with Crippen molar-refractivity contribution < 1.29 is 28.9 Å². The highest BCUT2D eigenvalue weighted by Gasteiger charge is 2.49. The van der Waals surface area contributed by atoms with E-state index >= 15 is 0 Å². The Bertz CT molecular complexity index is 732. The van der Waals surface area contributed by atoms with Gasteiger partial charge in [-0.1, -0.05) is 30.3 Å². The molecule has 1 N–H and O–H groups in total. The predicted molar refractivity (Wildman–Crippen MR) is 115 cm³/mol. The summed E-state index contributed by atoms with van der Waals surface area (Å²) in [6.07, 6.45) is 3.82. The molecule has 7 heteroatoms. The Kier molecular flexibility index (Phi) is 7.73. The van der Waals surface area contributed by atoms with Crippen molar-refractivity contribution in [2.45, 2.75) is 83.5 Å². The van der Waals surface area contributed by atoms with Crippen LogP contribution in [0.4, 0.5) is 0 Å². The second kappa shape index (κ2) is 10.1. The molecule has 31 heavy (non-hydrogen) atoms. The number of likely N-dealkylation sites (tertiary alicyclic amines) is 1. The van der Waals surface area contributed by atoms with Crippen molar-refractivity contribution in [2.75, 3.05) is 13.1 Å². The molecule has 0 spiro atoms. The maximum absolute atomic E-state index is 12.9. The molecule has 1 aromatic carbocycles. The molecule has 0 bridgehead atoms. The zero-order chi connectivity index (χ0) is 22.5. The number of hydrogen-bond acceptors (Lipinski definition) is 7. The normalized spacial score (nSPS) is 24.4. The molecule has 0 amide bonds. The van der Waals surface area contributed by atoms with E-state index in [9.17, 15) is 14.7 Å². The first-order chi connectivity index (χ1) is 14.7. The van der Waals surface area contributed by atoms with Gasteiger partial charge in [0, 0.05) is 13.1 Å². The van der Waals surface area contributed by atoms with Gasteiger partial charge >= 0.3 is 17.8 Å². The van der Waals surface area contributed by atoms with Crippen molar-refractivity contribution in [1.29, 1.82) is 0 Å². The highest BCUT2D eigenvalue weighted by molar-refractivity contribution is 5.77. The van der Waals surface area contributed by atoms with Crippen LogP contribution in [0, 0.1) is 5.92 Å². The van der Waals surface area contributed by atoms with E-state index in [4.69, 9.17) is 14.2 Å². The largest absolute Gasteiger partial charge is 0.460 e. The fourth-order valence-electron chi connectivity index (χ4n) is 4.12. The molecular formula is C24H35NO6. The topological polar surface area (TPSA) is 85.3 Å². The van der Waals surface area contributed by atoms with Gasteiger partial charge in [-0.05, 0) is 64.9 Å². The molecule has 0 aromatic heterocycles. The molecule has 1 saturated carbocycles. The quantitative estimate of drug-likeness (QED) is 0.521. The Morgan fingerprint density at radius 3 is 2.23 bits per heavy atom. The molecule has 1 atom stereocenters. The van der Waals surface area contributed by atoms with E-state index in [2.05, 4.69) is 0 Å². The first-order valence-corrected chi connectivity index (χ1v) is 11.3. The number of hydrogen-bond donors (Lipinski definition) is 1. The van der Waals surface area contributed by atoms with Crippen LogP contribution < -0.4 is 0 Å². The third-order valence-electron chi connectivity index (χ3n) is 5.76. The maximum Gasteiger partial charge on any atom is 0.384 e. The molecule has 1 heterocycles. The minimum absolute atomic E-state index is 0.0740. The number of benzene rings is 1. The average molecular weight is 434 g/mol. The summed E-state index contributed by atoms with van der Waals surface area (Å²) in [4.78, 5) is 26.9. The maximum atomic E-state index is 12.9. The van der Waals surface area contributed by atoms with Crippen molar-refractivity contribution in [1.82, 2.24) is 4.90 Å². The summed E-state index contributed by atoms with van der Waals surface area (Å²) >= 11 is 0. The number of nitrogens with zero attached hydrogens (tertiary/aromatic N) is 1. The number of carbonyl (C=O) groups excluding carboxylic acids is 2. The molecule has 172 valence electrons. The van der Waals surface area contributed by atoms with Gasteiger partial charge in [0.25, 0.3) is 0 Å². The summed E-state index contributed by atoms with van der Waals surface area (Å²) in [7, 11) is 0. The molecule has 1 aliphatic carbocycles. The molecule has 0 radical (unpaired) electrons. The van der Waals surface area contributed by atoms with Crippen molar-refractivity contribution >= 4 is 11.9 Å². The van der Waals surface area contributed by atoms with E-state index in [-0.39, 0.29) is 24.6 Å². The van der Waals surface area contributed by atoms with E-state index in [1.165, 1.54) is 0 Å². The Hall–Kier alpha value is -1.96. The third-order valence-corrected chi connectivity index (χ3v) is 5.76. The summed E-state index contributed by atoms with van der Waals surface area (Å²) < 4.78 is 16.9. The summed E-state index contributed by atoms with van der Waals surface area (Å²) in [6, 6.07) is 9.36. The van der Waals surface area contributed by atoms with E-state index in [0.717, 1.165) is 18.4 Å². The predicted octanol–water partition coefficient (Wildman–Crippen LogP) is 3.39. The second-order valence-electron chi connectivity index (χ2n) is 9.49. The molecule has 1 saturated heterocycles. The van der Waals surface area contributed by atoms with Crippen molar-refractivity contribution in [3.63, 3.8) is 0 Å². The van der Waals surface area contributed by atoms with E-state index in [1.54, 1.807) is 4.90 Å². The van der Waals surface area contributed by atoms with Crippen LogP contribution in [-0.4, -0.2) is 52.7 Å². The first-order valence-electron chi connectivity index (χ1n) is 11.3. The highest BCUT2D eigenvalue weighted by Crippen LogP contribution is 2.33. The Labute approximate surface area is 184 Å². The van der Waals surface area contributed by atoms with Crippen LogP contribution in [0.3, 0.4) is 0 Å². The van der Waals surface area contributed by atoms with Crippen LogP contribution in [0.25, 0.3) is 0 Å². The minimum Gasteiger partial charge on any atom is -0.460 e. The molecule has 2 fully saturated rings. The van der Waals surface area contributed by atoms with Crippen LogP contribution in [0.1, 0.15) is 64.9 Å². The number of aliphatic hydroxyl groups is 1. The summed E-state index contributed by atoms with van der Waals surface area (Å²) in [5.41, 5.74) is 0.334. The number of esters is 2. The smallest absolute Gasteiger partial charge is 0.384 e. The van der Waals surface area contributed by atoms with Gasteiger partial charge in [0.15, 0.2) is 0 Å². The van der Waals surface area contributed by atoms with Gasteiger partial charge in [0.1, 0.15) is 12.2 Å². The fourth-order valence-corrected chi connectivity index (χ4v) is 4.12. The number of rotatable bonds is 7. The highest BCUT2D eigenvalue weighted by atomic mass is 16.7. The molecular weight excluding hydrogens is 398 g/mol. The van der Waals surface area contributed by atoms with Gasteiger partial charge in [-0.2, -0.15) is 0 Å². The molecule has 2 aliphatic rings. The van der Waals surface area contributed by atoms with Gasteiger partial charge < -0.3 is 19.3 Å². The van der Waals surface area contributed by atoms with Crippen LogP contribution >= 0.6 is 0 Å². The summed E-state index contributed by atoms with van der Waals surface area (Å²) in [6.45, 7) is 6.80. The lowest BCUT2D eigenvalue weighted by atomic mass is 9.87. The number of carbonyl (C=O) groups is 2. The lowest BCUT2D eigenvalue weighted by Crippen LogP contribution is -2.58. The van der Waals surface area contributed by atoms with Crippen LogP contribution in [0.15, 0.2) is 30.3 Å². The van der Waals surface area contributed by atoms with Crippen molar-refractivity contribution in [2.24, 2.45) is 5.92 Å². The molecule has 1 unspecified atom stereocenters. The number of ether oxygens (including phenoxy) is 3. The Balaban J connectivity index is 1.59. The van der Waals surface area contributed by atoms with Gasteiger partial charge in [-0.3, -0.25) is 4.79 Å². The van der Waals surface area contributed by atoms with E-state index in [1.807, 2.05) is 51.1 Å². The zero-order valence-corrected chi connectivity index (χ0v) is 18.8. The monoisotopic (exact) mass is 433 g/mol. The van der Waals surface area contributed by atoms with E-state index in [0.29, 0.717) is 38.8 Å². The molecule has 1 aromatic rings. The van der Waals surface area contributed by atoms with Crippen LogP contribution in [0.5, 0.6) is 0 Å². The molecule has 3 rings (SSSR count). The first kappa shape index (κ1) is 23.7. The minimum atomic E-state index is -2.10. The second-order valence-corrected chi connectivity index (χ2v) is 9.49. The summed E-state index contributed by atoms with van der Waals surface area (Å²) in [5.74, 6) is -3.26. The standard InChI is InChI=1S/C24H35NO6/c1-23(2,3)31-21(26)19-11-13-20(14-12-19)30-24(28,25-15-7-8-16-25)22(27)29-17-18-9-5-4-6-10-18/h4-6,9-10,19-20,28H,7-8,11-17H2,1-3H3. The van der Waals surface area contributed by atoms with Gasteiger partial charge in [-0.15, -0.1) is 0 Å². The van der Waals surface area contributed by atoms with Crippen molar-refractivity contribution in [3.05, 3.63) is 35.9 Å². The van der Waals surface area contributed by atoms with Gasteiger partial charge in [-0.25, -0.2) is 9.69 Å². The van der Waals surface area contributed by atoms with Gasteiger partial charge in [0.05, 0.1) is 12.0 Å². The average Bonchev–Trinajstić information content (AvgIpc) is 3.27. The van der Waals surface area contributed by atoms with Crippen molar-refractivity contribution in [3.8, 4) is 0 Å².